The van der Waals surface area contributed by atoms with Gasteiger partial charge in [0, 0.05) is 10.6 Å². The third kappa shape index (κ3) is 5.72. The number of hydrogen-bond donors (Lipinski definition) is 2. The summed E-state index contributed by atoms with van der Waals surface area (Å²) >= 11 is 6.63. The van der Waals surface area contributed by atoms with Crippen molar-refractivity contribution in [3.63, 3.8) is 0 Å². The van der Waals surface area contributed by atoms with Crippen molar-refractivity contribution in [3.8, 4) is 11.5 Å². The van der Waals surface area contributed by atoms with E-state index < -0.39 is 36.8 Å². The van der Waals surface area contributed by atoms with Gasteiger partial charge in [0.25, 0.3) is 0 Å². The Morgan fingerprint density at radius 2 is 1.86 bits per heavy atom. The van der Waals surface area contributed by atoms with Crippen molar-refractivity contribution in [3.05, 3.63) is 83.4 Å². The zero-order valence-corrected chi connectivity index (χ0v) is 20.4. The van der Waals surface area contributed by atoms with Crippen molar-refractivity contribution in [1.29, 1.82) is 0 Å². The number of rotatable bonds is 9. The van der Waals surface area contributed by atoms with Crippen LogP contribution in [0.15, 0.2) is 61.7 Å². The third-order valence-corrected chi connectivity index (χ3v) is 6.42. The van der Waals surface area contributed by atoms with Gasteiger partial charge in [-0.3, -0.25) is 0 Å². The summed E-state index contributed by atoms with van der Waals surface area (Å²) in [5.74, 6) is 1.25. The molecule has 8 heteroatoms. The maximum Gasteiger partial charge on any atom is 0.177 e. The SMILES string of the molecule is C=CCOc1cc(Cl)c(Cc2ccc(OCC)cc2)cc1[C@@H]1O[C@@H]2CO[C@H](C=C)O[C@H]2[C@H](O)[C@H]1O. The highest BCUT2D eigenvalue weighted by Gasteiger charge is 2.49. The van der Waals surface area contributed by atoms with Crippen LogP contribution in [0.5, 0.6) is 11.5 Å². The molecular formula is C27H31ClO7. The van der Waals surface area contributed by atoms with E-state index in [0.717, 1.165) is 16.9 Å². The van der Waals surface area contributed by atoms with Crippen molar-refractivity contribution in [2.45, 2.75) is 50.2 Å². The molecule has 0 aliphatic carbocycles. The average Bonchev–Trinajstić information content (AvgIpc) is 2.87. The minimum Gasteiger partial charge on any atom is -0.494 e. The predicted molar refractivity (Wildman–Crippen MR) is 132 cm³/mol. The van der Waals surface area contributed by atoms with E-state index in [4.69, 9.17) is 35.3 Å². The first-order chi connectivity index (χ1) is 16.9. The van der Waals surface area contributed by atoms with E-state index in [1.807, 2.05) is 37.3 Å². The Balaban J connectivity index is 1.64. The highest BCUT2D eigenvalue weighted by Crippen LogP contribution is 2.41. The summed E-state index contributed by atoms with van der Waals surface area (Å²) in [6.07, 6.45) is -1.66. The first kappa shape index (κ1) is 25.7. The molecule has 2 fully saturated rings. The monoisotopic (exact) mass is 502 g/mol. The molecule has 0 amide bonds. The molecule has 0 spiro atoms. The van der Waals surface area contributed by atoms with Gasteiger partial charge in [-0.05, 0) is 54.8 Å². The van der Waals surface area contributed by atoms with Crippen molar-refractivity contribution >= 4 is 11.6 Å². The van der Waals surface area contributed by atoms with Gasteiger partial charge in [-0.1, -0.05) is 43.0 Å². The minimum atomic E-state index is -1.26. The second-order valence-electron chi connectivity index (χ2n) is 8.45. The molecule has 0 unspecified atom stereocenters. The van der Waals surface area contributed by atoms with Gasteiger partial charge < -0.3 is 33.9 Å². The largest absolute Gasteiger partial charge is 0.494 e. The molecule has 2 aromatic rings. The predicted octanol–water partition coefficient (Wildman–Crippen LogP) is 3.98. The van der Waals surface area contributed by atoms with Crippen LogP contribution in [0, 0.1) is 0 Å². The molecule has 6 atom stereocenters. The first-order valence-electron chi connectivity index (χ1n) is 11.6. The molecule has 2 saturated heterocycles. The first-order valence-corrected chi connectivity index (χ1v) is 12.0. The smallest absolute Gasteiger partial charge is 0.177 e. The lowest BCUT2D eigenvalue weighted by molar-refractivity contribution is -0.315. The average molecular weight is 503 g/mol. The van der Waals surface area contributed by atoms with Crippen molar-refractivity contribution in [2.75, 3.05) is 19.8 Å². The normalized spacial score (nSPS) is 28.1. The molecule has 7 nitrogen and oxygen atoms in total. The van der Waals surface area contributed by atoms with Gasteiger partial charge in [-0.25, -0.2) is 0 Å². The van der Waals surface area contributed by atoms with E-state index >= 15 is 0 Å². The van der Waals surface area contributed by atoms with E-state index in [-0.39, 0.29) is 13.2 Å². The Hall–Kier alpha value is -2.39. The lowest BCUT2D eigenvalue weighted by atomic mass is 9.89. The van der Waals surface area contributed by atoms with Crippen LogP contribution in [0.25, 0.3) is 0 Å². The van der Waals surface area contributed by atoms with E-state index in [1.165, 1.54) is 6.08 Å². The Morgan fingerprint density at radius 3 is 2.54 bits per heavy atom. The molecule has 2 N–H and O–H groups in total. The lowest BCUT2D eigenvalue weighted by Crippen LogP contribution is -2.60. The summed E-state index contributed by atoms with van der Waals surface area (Å²) in [4.78, 5) is 0. The molecule has 0 bridgehead atoms. The van der Waals surface area contributed by atoms with Crippen LogP contribution in [0.3, 0.4) is 0 Å². The van der Waals surface area contributed by atoms with Gasteiger partial charge in [0.15, 0.2) is 6.29 Å². The number of halogens is 1. The fraction of sp³-hybridized carbons (Fsp3) is 0.407. The van der Waals surface area contributed by atoms with E-state index in [0.29, 0.717) is 29.4 Å². The van der Waals surface area contributed by atoms with E-state index in [1.54, 1.807) is 12.1 Å². The van der Waals surface area contributed by atoms with Crippen molar-refractivity contribution < 1.29 is 33.9 Å². The van der Waals surface area contributed by atoms with Crippen LogP contribution in [-0.2, 0) is 20.6 Å². The number of fused-ring (bicyclic) bond motifs is 1. The van der Waals surface area contributed by atoms with Crippen molar-refractivity contribution in [1.82, 2.24) is 0 Å². The fourth-order valence-corrected chi connectivity index (χ4v) is 4.57. The van der Waals surface area contributed by atoms with E-state index in [9.17, 15) is 10.2 Å². The maximum absolute atomic E-state index is 11.0. The summed E-state index contributed by atoms with van der Waals surface area (Å²) in [7, 11) is 0. The van der Waals surface area contributed by atoms with E-state index in [2.05, 4.69) is 13.2 Å². The van der Waals surface area contributed by atoms with Crippen LogP contribution in [0.4, 0.5) is 0 Å². The van der Waals surface area contributed by atoms with Crippen LogP contribution >= 0.6 is 11.6 Å². The highest BCUT2D eigenvalue weighted by molar-refractivity contribution is 6.31. The fourth-order valence-electron chi connectivity index (χ4n) is 4.35. The number of hydrogen-bond acceptors (Lipinski definition) is 7. The van der Waals surface area contributed by atoms with Gasteiger partial charge in [-0.15, -0.1) is 0 Å². The third-order valence-electron chi connectivity index (χ3n) is 6.06. The Labute approximate surface area is 210 Å². The Kier molecular flexibility index (Phi) is 8.49. The second kappa shape index (κ2) is 11.6. The molecule has 188 valence electrons. The van der Waals surface area contributed by atoms with Gasteiger partial charge in [0.1, 0.15) is 48.6 Å². The van der Waals surface area contributed by atoms with Gasteiger partial charge >= 0.3 is 0 Å². The minimum absolute atomic E-state index is 0.192. The summed E-state index contributed by atoms with van der Waals surface area (Å²) in [5.41, 5.74) is 2.44. The summed E-state index contributed by atoms with van der Waals surface area (Å²) in [6, 6.07) is 11.4. The Bertz CT molecular complexity index is 1020. The molecular weight excluding hydrogens is 472 g/mol. The molecule has 0 aromatic heterocycles. The molecule has 2 heterocycles. The quantitative estimate of drug-likeness (QED) is 0.501. The van der Waals surface area contributed by atoms with Gasteiger partial charge in [0.2, 0.25) is 0 Å². The van der Waals surface area contributed by atoms with Crippen LogP contribution in [-0.4, -0.2) is 60.7 Å². The highest BCUT2D eigenvalue weighted by atomic mass is 35.5. The lowest BCUT2D eigenvalue weighted by Gasteiger charge is -2.46. The molecule has 0 saturated carbocycles. The number of benzene rings is 2. The molecule has 0 radical (unpaired) electrons. The summed E-state index contributed by atoms with van der Waals surface area (Å²) in [5, 5.41) is 22.4. The van der Waals surface area contributed by atoms with Gasteiger partial charge in [0.05, 0.1) is 13.2 Å². The molecule has 35 heavy (non-hydrogen) atoms. The van der Waals surface area contributed by atoms with Gasteiger partial charge in [-0.2, -0.15) is 0 Å². The zero-order chi connectivity index (χ0) is 24.9. The molecule has 2 aliphatic heterocycles. The topological polar surface area (TPSA) is 86.6 Å². The van der Waals surface area contributed by atoms with Crippen LogP contribution in [0.2, 0.25) is 5.02 Å². The molecule has 4 rings (SSSR count). The number of ether oxygens (including phenoxy) is 5. The molecule has 2 aliphatic rings. The second-order valence-corrected chi connectivity index (χ2v) is 8.86. The van der Waals surface area contributed by atoms with Crippen molar-refractivity contribution in [2.24, 2.45) is 0 Å². The molecule has 2 aromatic carbocycles. The summed E-state index contributed by atoms with van der Waals surface area (Å²) in [6.45, 7) is 10.3. The van der Waals surface area contributed by atoms with Crippen LogP contribution in [0.1, 0.15) is 29.7 Å². The number of aliphatic hydroxyl groups excluding tert-OH is 2. The Morgan fingerprint density at radius 1 is 1.09 bits per heavy atom. The summed E-state index contributed by atoms with van der Waals surface area (Å²) < 4.78 is 28.8. The van der Waals surface area contributed by atoms with Crippen LogP contribution < -0.4 is 9.47 Å². The maximum atomic E-state index is 11.0. The standard InChI is InChI=1S/C27H31ClO7/c1-4-11-32-21-14-20(28)17(12-16-7-9-18(10-8-16)31-6-3)13-19(21)26-24(29)25(30)27-22(34-26)15-33-23(5-2)35-27/h4-5,7-10,13-14,22-27,29-30H,1-2,6,11-12,15H2,3H3/t22-,23+,24-,25-,26+,27-/m1/s1. The zero-order valence-electron chi connectivity index (χ0n) is 19.6. The number of aliphatic hydroxyl groups is 2.